The van der Waals surface area contributed by atoms with E-state index in [1.54, 1.807) is 0 Å². The lowest BCUT2D eigenvalue weighted by atomic mass is 9.96. The fourth-order valence-electron chi connectivity index (χ4n) is 3.80. The molecule has 24 heavy (non-hydrogen) atoms. The Kier molecular flexibility index (Phi) is 5.55. The number of carbonyl (C=O) groups is 1. The van der Waals surface area contributed by atoms with Crippen LogP contribution in [0.3, 0.4) is 0 Å². The van der Waals surface area contributed by atoms with Gasteiger partial charge in [0, 0.05) is 7.05 Å². The molecule has 2 heterocycles. The number of fused-ring (bicyclic) bond motifs is 1. The number of carbonyl (C=O) groups excluding carboxylic acids is 1. The molecular formula is C20H26N2O2. The zero-order valence-electron chi connectivity index (χ0n) is 14.4. The second-order valence-electron chi connectivity index (χ2n) is 6.71. The minimum atomic E-state index is -0.0846. The molecule has 3 rings (SSSR count). The molecule has 0 aromatic heterocycles. The fraction of sp³-hybridized carbons (Fsp3) is 0.550. The summed E-state index contributed by atoms with van der Waals surface area (Å²) in [5.74, 6) is 2.85. The van der Waals surface area contributed by atoms with Gasteiger partial charge in [-0.25, -0.2) is 0 Å². The highest BCUT2D eigenvalue weighted by Crippen LogP contribution is 2.28. The Morgan fingerprint density at radius 1 is 1.42 bits per heavy atom. The number of benzene rings is 1. The number of likely N-dealkylation sites (tertiary alicyclic amines) is 1. The third-order valence-corrected chi connectivity index (χ3v) is 5.10. The van der Waals surface area contributed by atoms with Crippen LogP contribution >= 0.6 is 0 Å². The molecule has 0 saturated carbocycles. The lowest BCUT2D eigenvalue weighted by Gasteiger charge is -2.37. The highest BCUT2D eigenvalue weighted by Gasteiger charge is 2.32. The van der Waals surface area contributed by atoms with E-state index < -0.39 is 0 Å². The average molecular weight is 326 g/mol. The van der Waals surface area contributed by atoms with Gasteiger partial charge >= 0.3 is 0 Å². The summed E-state index contributed by atoms with van der Waals surface area (Å²) in [7, 11) is 1.88. The van der Waals surface area contributed by atoms with Crippen molar-refractivity contribution in [3.63, 3.8) is 0 Å². The summed E-state index contributed by atoms with van der Waals surface area (Å²) in [5.41, 5.74) is 2.55. The molecule has 0 N–H and O–H groups in total. The molecule has 0 unspecified atom stereocenters. The van der Waals surface area contributed by atoms with Crippen molar-refractivity contribution >= 4 is 5.91 Å². The first-order chi connectivity index (χ1) is 11.7. The maximum Gasteiger partial charge on any atom is 0.239 e. The number of nitrogens with zero attached hydrogens (tertiary/aromatic N) is 2. The van der Waals surface area contributed by atoms with Gasteiger partial charge in [-0.1, -0.05) is 36.6 Å². The predicted octanol–water partition coefficient (Wildman–Crippen LogP) is 2.25. The van der Waals surface area contributed by atoms with Crippen LogP contribution in [0.4, 0.5) is 0 Å². The number of likely N-dealkylation sites (N-methyl/N-ethyl adjacent to an activating group) is 1. The zero-order valence-corrected chi connectivity index (χ0v) is 14.4. The maximum atomic E-state index is 12.9. The van der Waals surface area contributed by atoms with Crippen LogP contribution in [0.2, 0.25) is 0 Å². The molecule has 0 bridgehead atoms. The van der Waals surface area contributed by atoms with E-state index in [2.05, 4.69) is 29.0 Å². The van der Waals surface area contributed by atoms with E-state index in [9.17, 15) is 4.79 Å². The molecule has 0 spiro atoms. The van der Waals surface area contributed by atoms with Gasteiger partial charge in [-0.05, 0) is 36.9 Å². The maximum absolute atomic E-state index is 12.9. The minimum absolute atomic E-state index is 0.0337. The molecule has 1 fully saturated rings. The normalized spacial score (nSPS) is 24.0. The molecular weight excluding hydrogens is 300 g/mol. The average Bonchev–Trinajstić information content (AvgIpc) is 2.62. The molecule has 0 radical (unpaired) electrons. The Bertz CT molecular complexity index is 622. The first-order valence-corrected chi connectivity index (χ1v) is 8.82. The molecule has 2 atom stereocenters. The van der Waals surface area contributed by atoms with Crippen molar-refractivity contribution in [2.75, 3.05) is 33.3 Å². The Balaban J connectivity index is 1.67. The lowest BCUT2D eigenvalue weighted by Crippen LogP contribution is -2.50. The van der Waals surface area contributed by atoms with Crippen LogP contribution in [0.25, 0.3) is 0 Å². The van der Waals surface area contributed by atoms with Gasteiger partial charge in [-0.15, -0.1) is 6.42 Å². The molecule has 1 aromatic rings. The molecule has 4 nitrogen and oxygen atoms in total. The zero-order chi connectivity index (χ0) is 16.9. The minimum Gasteiger partial charge on any atom is -0.371 e. The Morgan fingerprint density at radius 2 is 2.25 bits per heavy atom. The Morgan fingerprint density at radius 3 is 3.08 bits per heavy atom. The number of hydrogen-bond acceptors (Lipinski definition) is 3. The van der Waals surface area contributed by atoms with Crippen LogP contribution in [0.15, 0.2) is 24.3 Å². The summed E-state index contributed by atoms with van der Waals surface area (Å²) in [6.07, 6.45) is 9.48. The predicted molar refractivity (Wildman–Crippen MR) is 94.5 cm³/mol. The smallest absolute Gasteiger partial charge is 0.239 e. The van der Waals surface area contributed by atoms with Gasteiger partial charge in [0.1, 0.15) is 6.10 Å². The van der Waals surface area contributed by atoms with Crippen LogP contribution in [-0.4, -0.2) is 55.0 Å². The SMILES string of the molecule is C#CCN1CCCC[C@@H]1C(=O)N(C)C[C@H]1OCCc2ccccc21. The van der Waals surface area contributed by atoms with Gasteiger partial charge in [0.05, 0.1) is 25.7 Å². The molecule has 2 aliphatic rings. The number of rotatable bonds is 4. The number of terminal acetylenes is 1. The van der Waals surface area contributed by atoms with Crippen LogP contribution in [0, 0.1) is 12.3 Å². The van der Waals surface area contributed by atoms with Gasteiger partial charge in [-0.3, -0.25) is 9.69 Å². The van der Waals surface area contributed by atoms with Crippen molar-refractivity contribution in [3.8, 4) is 12.3 Å². The number of ether oxygens (including phenoxy) is 1. The highest BCUT2D eigenvalue weighted by atomic mass is 16.5. The first-order valence-electron chi connectivity index (χ1n) is 8.82. The van der Waals surface area contributed by atoms with E-state index in [1.165, 1.54) is 11.1 Å². The largest absolute Gasteiger partial charge is 0.371 e. The third-order valence-electron chi connectivity index (χ3n) is 5.10. The van der Waals surface area contributed by atoms with Crippen molar-refractivity contribution in [2.45, 2.75) is 37.8 Å². The summed E-state index contributed by atoms with van der Waals surface area (Å²) in [6, 6.07) is 8.29. The standard InChI is InChI=1S/C20H26N2O2/c1-3-12-22-13-7-6-10-18(22)20(23)21(2)15-19-17-9-5-4-8-16(17)11-14-24-19/h1,4-5,8-9,18-19H,6-7,10-15H2,2H3/t18-,19-/m1/s1. The van der Waals surface area contributed by atoms with Crippen molar-refractivity contribution in [1.82, 2.24) is 9.80 Å². The van der Waals surface area contributed by atoms with E-state index in [4.69, 9.17) is 11.2 Å². The lowest BCUT2D eigenvalue weighted by molar-refractivity contribution is -0.138. The van der Waals surface area contributed by atoms with Crippen LogP contribution in [-0.2, 0) is 16.0 Å². The molecule has 128 valence electrons. The van der Waals surface area contributed by atoms with Crippen molar-refractivity contribution in [2.24, 2.45) is 0 Å². The van der Waals surface area contributed by atoms with E-state index >= 15 is 0 Å². The van der Waals surface area contributed by atoms with Gasteiger partial charge in [0.2, 0.25) is 5.91 Å². The highest BCUT2D eigenvalue weighted by molar-refractivity contribution is 5.81. The molecule has 1 saturated heterocycles. The number of amides is 1. The van der Waals surface area contributed by atoms with Crippen molar-refractivity contribution in [1.29, 1.82) is 0 Å². The monoisotopic (exact) mass is 326 g/mol. The Labute approximate surface area is 144 Å². The molecule has 1 aromatic carbocycles. The van der Waals surface area contributed by atoms with Crippen molar-refractivity contribution < 1.29 is 9.53 Å². The van der Waals surface area contributed by atoms with Gasteiger partial charge in [0.25, 0.3) is 0 Å². The van der Waals surface area contributed by atoms with Crippen LogP contribution < -0.4 is 0 Å². The fourth-order valence-corrected chi connectivity index (χ4v) is 3.80. The quantitative estimate of drug-likeness (QED) is 0.796. The van der Waals surface area contributed by atoms with E-state index in [-0.39, 0.29) is 18.1 Å². The van der Waals surface area contributed by atoms with Gasteiger partial charge in [0.15, 0.2) is 0 Å². The summed E-state index contributed by atoms with van der Waals surface area (Å²) in [4.78, 5) is 16.9. The molecule has 2 aliphatic heterocycles. The second kappa shape index (κ2) is 7.83. The summed E-state index contributed by atoms with van der Waals surface area (Å²) in [6.45, 7) is 2.77. The summed E-state index contributed by atoms with van der Waals surface area (Å²) < 4.78 is 5.95. The summed E-state index contributed by atoms with van der Waals surface area (Å²) >= 11 is 0. The summed E-state index contributed by atoms with van der Waals surface area (Å²) in [5, 5.41) is 0. The topological polar surface area (TPSA) is 32.8 Å². The van der Waals surface area contributed by atoms with E-state index in [0.717, 1.165) is 38.8 Å². The van der Waals surface area contributed by atoms with Gasteiger partial charge in [-0.2, -0.15) is 0 Å². The van der Waals surface area contributed by atoms with Crippen molar-refractivity contribution in [3.05, 3.63) is 35.4 Å². The van der Waals surface area contributed by atoms with Crippen LogP contribution in [0.5, 0.6) is 0 Å². The van der Waals surface area contributed by atoms with Crippen LogP contribution in [0.1, 0.15) is 36.5 Å². The molecule has 1 amide bonds. The molecule has 0 aliphatic carbocycles. The Hall–Kier alpha value is -1.83. The number of hydrogen-bond donors (Lipinski definition) is 0. The van der Waals surface area contributed by atoms with Gasteiger partial charge < -0.3 is 9.64 Å². The first kappa shape index (κ1) is 17.0. The van der Waals surface area contributed by atoms with E-state index in [0.29, 0.717) is 13.1 Å². The molecule has 4 heteroatoms. The number of piperidine rings is 1. The van der Waals surface area contributed by atoms with E-state index in [1.807, 2.05) is 18.0 Å². The third kappa shape index (κ3) is 3.63. The second-order valence-corrected chi connectivity index (χ2v) is 6.71.